The van der Waals surface area contributed by atoms with Crippen LogP contribution in [0, 0.1) is 11.8 Å². The van der Waals surface area contributed by atoms with Crippen molar-refractivity contribution in [3.05, 3.63) is 0 Å². The summed E-state index contributed by atoms with van der Waals surface area (Å²) in [4.78, 5) is 13.0. The fourth-order valence-electron chi connectivity index (χ4n) is 3.15. The first-order valence-electron chi connectivity index (χ1n) is 6.73. The summed E-state index contributed by atoms with van der Waals surface area (Å²) in [5.41, 5.74) is 0. The standard InChI is InChI=1S/C13H22F3NO2/c1-4-17(8(2)3)9-5-6-10(12(18)19)11(7-9)13(14,15)16/h8-11H,4-7H2,1-3H3,(H,18,19). The fraction of sp³-hybridized carbons (Fsp3) is 0.923. The molecule has 0 amide bonds. The highest BCUT2D eigenvalue weighted by Crippen LogP contribution is 2.43. The number of carboxylic acids is 1. The van der Waals surface area contributed by atoms with Crippen LogP contribution in [0.25, 0.3) is 0 Å². The van der Waals surface area contributed by atoms with E-state index in [1.807, 2.05) is 25.7 Å². The van der Waals surface area contributed by atoms with E-state index in [1.165, 1.54) is 0 Å². The summed E-state index contributed by atoms with van der Waals surface area (Å²) in [6.45, 7) is 6.52. The van der Waals surface area contributed by atoms with Crippen LogP contribution in [0.4, 0.5) is 13.2 Å². The summed E-state index contributed by atoms with van der Waals surface area (Å²) in [5, 5.41) is 8.95. The summed E-state index contributed by atoms with van der Waals surface area (Å²) < 4.78 is 39.0. The molecule has 0 heterocycles. The Bertz CT molecular complexity index is 318. The molecule has 0 aromatic carbocycles. The van der Waals surface area contributed by atoms with E-state index in [0.29, 0.717) is 13.0 Å². The second-order valence-corrected chi connectivity index (χ2v) is 5.48. The normalized spacial score (nSPS) is 28.9. The summed E-state index contributed by atoms with van der Waals surface area (Å²) in [5.74, 6) is -4.34. The van der Waals surface area contributed by atoms with Crippen LogP contribution in [0.2, 0.25) is 0 Å². The molecule has 0 saturated heterocycles. The Morgan fingerprint density at radius 2 is 1.95 bits per heavy atom. The Kier molecular flexibility index (Phi) is 5.24. The van der Waals surface area contributed by atoms with Crippen LogP contribution in [-0.4, -0.2) is 40.8 Å². The Hall–Kier alpha value is -0.780. The van der Waals surface area contributed by atoms with Crippen molar-refractivity contribution in [1.29, 1.82) is 0 Å². The molecule has 0 aromatic heterocycles. The number of hydrogen-bond donors (Lipinski definition) is 1. The lowest BCUT2D eigenvalue weighted by Gasteiger charge is -2.42. The van der Waals surface area contributed by atoms with Gasteiger partial charge in [0.15, 0.2) is 0 Å². The first-order chi connectivity index (χ1) is 8.68. The average molecular weight is 281 g/mol. The lowest BCUT2D eigenvalue weighted by molar-refractivity contribution is -0.208. The van der Waals surface area contributed by atoms with Gasteiger partial charge in [0.25, 0.3) is 0 Å². The third-order valence-corrected chi connectivity index (χ3v) is 4.06. The largest absolute Gasteiger partial charge is 0.481 e. The lowest BCUT2D eigenvalue weighted by Crippen LogP contribution is -2.49. The molecule has 19 heavy (non-hydrogen) atoms. The molecular formula is C13H22F3NO2. The van der Waals surface area contributed by atoms with Gasteiger partial charge in [0, 0.05) is 12.1 Å². The SMILES string of the molecule is CCN(C(C)C)C1CCC(C(=O)O)C(C(F)(F)F)C1. The number of halogens is 3. The Balaban J connectivity index is 2.87. The molecule has 3 atom stereocenters. The van der Waals surface area contributed by atoms with Crippen LogP contribution in [0.5, 0.6) is 0 Å². The first-order valence-corrected chi connectivity index (χ1v) is 6.73. The fourth-order valence-corrected chi connectivity index (χ4v) is 3.15. The highest BCUT2D eigenvalue weighted by molar-refractivity contribution is 5.70. The van der Waals surface area contributed by atoms with Gasteiger partial charge in [-0.05, 0) is 39.7 Å². The Labute approximate surface area is 111 Å². The minimum Gasteiger partial charge on any atom is -0.481 e. The molecule has 112 valence electrons. The van der Waals surface area contributed by atoms with Crippen LogP contribution in [0.1, 0.15) is 40.0 Å². The van der Waals surface area contributed by atoms with Crippen molar-refractivity contribution >= 4 is 5.97 Å². The van der Waals surface area contributed by atoms with Gasteiger partial charge in [-0.2, -0.15) is 13.2 Å². The molecule has 3 nitrogen and oxygen atoms in total. The van der Waals surface area contributed by atoms with Gasteiger partial charge in [0.05, 0.1) is 11.8 Å². The van der Waals surface area contributed by atoms with E-state index in [1.54, 1.807) is 0 Å². The number of aliphatic carboxylic acids is 1. The van der Waals surface area contributed by atoms with Crippen molar-refractivity contribution in [3.8, 4) is 0 Å². The van der Waals surface area contributed by atoms with Gasteiger partial charge in [-0.15, -0.1) is 0 Å². The van der Waals surface area contributed by atoms with Crippen molar-refractivity contribution in [2.45, 2.75) is 58.3 Å². The van der Waals surface area contributed by atoms with E-state index in [9.17, 15) is 18.0 Å². The van der Waals surface area contributed by atoms with E-state index >= 15 is 0 Å². The number of nitrogens with zero attached hydrogens (tertiary/aromatic N) is 1. The monoisotopic (exact) mass is 281 g/mol. The molecule has 1 aliphatic rings. The molecule has 1 aliphatic carbocycles. The first kappa shape index (κ1) is 16.3. The highest BCUT2D eigenvalue weighted by Gasteiger charge is 2.51. The molecular weight excluding hydrogens is 259 g/mol. The van der Waals surface area contributed by atoms with Crippen LogP contribution in [-0.2, 0) is 4.79 Å². The molecule has 0 bridgehead atoms. The second kappa shape index (κ2) is 6.11. The van der Waals surface area contributed by atoms with E-state index in [-0.39, 0.29) is 24.9 Å². The van der Waals surface area contributed by atoms with Gasteiger partial charge in [0.1, 0.15) is 0 Å². The van der Waals surface area contributed by atoms with Gasteiger partial charge >= 0.3 is 12.1 Å². The third kappa shape index (κ3) is 3.84. The summed E-state index contributed by atoms with van der Waals surface area (Å²) in [6.07, 6.45) is -3.91. The number of rotatable bonds is 4. The van der Waals surface area contributed by atoms with E-state index in [2.05, 4.69) is 0 Å². The molecule has 1 saturated carbocycles. The quantitative estimate of drug-likeness (QED) is 0.860. The average Bonchev–Trinajstić information content (AvgIpc) is 2.27. The van der Waals surface area contributed by atoms with E-state index in [4.69, 9.17) is 5.11 Å². The Morgan fingerprint density at radius 1 is 1.37 bits per heavy atom. The molecule has 6 heteroatoms. The van der Waals surface area contributed by atoms with Crippen LogP contribution in [0.15, 0.2) is 0 Å². The number of carbonyl (C=O) groups is 1. The molecule has 1 fully saturated rings. The van der Waals surface area contributed by atoms with Gasteiger partial charge in [-0.3, -0.25) is 9.69 Å². The molecule has 0 aliphatic heterocycles. The predicted molar refractivity (Wildman–Crippen MR) is 65.8 cm³/mol. The van der Waals surface area contributed by atoms with E-state index in [0.717, 1.165) is 0 Å². The van der Waals surface area contributed by atoms with Crippen molar-refractivity contribution in [2.75, 3.05) is 6.54 Å². The van der Waals surface area contributed by atoms with Gasteiger partial charge in [-0.25, -0.2) is 0 Å². The molecule has 3 unspecified atom stereocenters. The zero-order valence-electron chi connectivity index (χ0n) is 11.6. The summed E-state index contributed by atoms with van der Waals surface area (Å²) in [7, 11) is 0. The lowest BCUT2D eigenvalue weighted by atomic mass is 9.75. The second-order valence-electron chi connectivity index (χ2n) is 5.48. The minimum absolute atomic E-state index is 0.105. The van der Waals surface area contributed by atoms with Crippen molar-refractivity contribution < 1.29 is 23.1 Å². The summed E-state index contributed by atoms with van der Waals surface area (Å²) >= 11 is 0. The van der Waals surface area contributed by atoms with Crippen LogP contribution >= 0.6 is 0 Å². The zero-order valence-corrected chi connectivity index (χ0v) is 11.6. The number of alkyl halides is 3. The molecule has 0 aromatic rings. The maximum Gasteiger partial charge on any atom is 0.392 e. The van der Waals surface area contributed by atoms with Crippen LogP contribution in [0.3, 0.4) is 0 Å². The van der Waals surface area contributed by atoms with Crippen molar-refractivity contribution in [3.63, 3.8) is 0 Å². The number of hydrogen-bond acceptors (Lipinski definition) is 2. The zero-order chi connectivity index (χ0) is 14.8. The number of carboxylic acid groups (broad SMARTS) is 1. The van der Waals surface area contributed by atoms with Gasteiger partial charge < -0.3 is 5.11 Å². The molecule has 0 radical (unpaired) electrons. The van der Waals surface area contributed by atoms with Crippen molar-refractivity contribution in [2.24, 2.45) is 11.8 Å². The third-order valence-electron chi connectivity index (χ3n) is 4.06. The van der Waals surface area contributed by atoms with Crippen molar-refractivity contribution in [1.82, 2.24) is 4.90 Å². The van der Waals surface area contributed by atoms with Crippen LogP contribution < -0.4 is 0 Å². The maximum atomic E-state index is 13.0. The smallest absolute Gasteiger partial charge is 0.392 e. The molecule has 0 spiro atoms. The maximum absolute atomic E-state index is 13.0. The van der Waals surface area contributed by atoms with Gasteiger partial charge in [0.2, 0.25) is 0 Å². The minimum atomic E-state index is -4.43. The topological polar surface area (TPSA) is 40.5 Å². The Morgan fingerprint density at radius 3 is 2.32 bits per heavy atom. The molecule has 1 N–H and O–H groups in total. The van der Waals surface area contributed by atoms with Gasteiger partial charge in [-0.1, -0.05) is 6.92 Å². The van der Waals surface area contributed by atoms with E-state index < -0.39 is 24.0 Å². The summed E-state index contributed by atoms with van der Waals surface area (Å²) in [6, 6.07) is -0.00233. The highest BCUT2D eigenvalue weighted by atomic mass is 19.4. The predicted octanol–water partition coefficient (Wildman–Crippen LogP) is 3.15. The molecule has 1 rings (SSSR count).